The van der Waals surface area contributed by atoms with Crippen LogP contribution in [0.25, 0.3) is 0 Å². The van der Waals surface area contributed by atoms with E-state index in [1.54, 1.807) is 6.92 Å². The van der Waals surface area contributed by atoms with E-state index in [0.717, 1.165) is 5.06 Å². The van der Waals surface area contributed by atoms with Gasteiger partial charge in [0.2, 0.25) is 0 Å². The summed E-state index contributed by atoms with van der Waals surface area (Å²) >= 11 is 1.45. The van der Waals surface area contributed by atoms with Crippen LogP contribution in [0.5, 0.6) is 5.06 Å². The molecule has 0 atom stereocenters. The van der Waals surface area contributed by atoms with Gasteiger partial charge in [-0.05, 0) is 24.4 Å². The molecule has 1 aromatic heterocycles. The van der Waals surface area contributed by atoms with Crippen LogP contribution in [-0.4, -0.2) is 19.2 Å². The minimum Gasteiger partial charge on any atom is -0.472 e. The highest BCUT2D eigenvalue weighted by atomic mass is 32.1. The van der Waals surface area contributed by atoms with Crippen LogP contribution in [0, 0.1) is 0 Å². The molecule has 12 heavy (non-hydrogen) atoms. The summed E-state index contributed by atoms with van der Waals surface area (Å²) in [5.41, 5.74) is 0. The highest BCUT2D eigenvalue weighted by molar-refractivity contribution is 7.11. The van der Waals surface area contributed by atoms with Crippen molar-refractivity contribution in [2.45, 2.75) is 6.92 Å². The van der Waals surface area contributed by atoms with Gasteiger partial charge >= 0.3 is 5.97 Å². The van der Waals surface area contributed by atoms with Gasteiger partial charge in [-0.25, -0.2) is 4.79 Å². The Balaban J connectivity index is 2.22. The van der Waals surface area contributed by atoms with Gasteiger partial charge in [0.05, 0.1) is 6.61 Å². The molecule has 0 fully saturated rings. The lowest BCUT2D eigenvalue weighted by Crippen LogP contribution is -2.13. The zero-order chi connectivity index (χ0) is 8.81. The molecule has 3 nitrogen and oxygen atoms in total. The number of ether oxygens (including phenoxy) is 2. The maximum atomic E-state index is 10.8. The molecule has 1 aromatic rings. The van der Waals surface area contributed by atoms with E-state index in [1.807, 2.05) is 17.5 Å². The number of rotatable bonds is 4. The van der Waals surface area contributed by atoms with E-state index in [2.05, 4.69) is 4.74 Å². The molecule has 0 aliphatic heterocycles. The van der Waals surface area contributed by atoms with E-state index >= 15 is 0 Å². The predicted molar refractivity (Wildman–Crippen MR) is 46.4 cm³/mol. The minimum atomic E-state index is -0.328. The predicted octanol–water partition coefficient (Wildman–Crippen LogP) is 1.69. The molecule has 0 spiro atoms. The van der Waals surface area contributed by atoms with Crippen LogP contribution >= 0.6 is 11.3 Å². The quantitative estimate of drug-likeness (QED) is 0.671. The van der Waals surface area contributed by atoms with Crippen molar-refractivity contribution in [2.24, 2.45) is 0 Å². The molecule has 0 aromatic carbocycles. The molecular weight excluding hydrogens is 176 g/mol. The molecule has 0 N–H and O–H groups in total. The average molecular weight is 186 g/mol. The SMILES string of the molecule is CCOC(=O)COc1cccs1. The molecule has 0 bridgehead atoms. The summed E-state index contributed by atoms with van der Waals surface area (Å²) < 4.78 is 9.79. The molecule has 0 aliphatic rings. The van der Waals surface area contributed by atoms with Gasteiger partial charge in [-0.3, -0.25) is 0 Å². The van der Waals surface area contributed by atoms with Gasteiger partial charge < -0.3 is 9.47 Å². The smallest absolute Gasteiger partial charge is 0.344 e. The Hall–Kier alpha value is -1.03. The molecule has 0 saturated heterocycles. The molecule has 0 radical (unpaired) electrons. The van der Waals surface area contributed by atoms with Crippen LogP contribution < -0.4 is 4.74 Å². The first kappa shape index (κ1) is 9.06. The van der Waals surface area contributed by atoms with Crippen LogP contribution in [0.4, 0.5) is 0 Å². The Morgan fingerprint density at radius 3 is 3.08 bits per heavy atom. The first-order valence-electron chi connectivity index (χ1n) is 3.65. The Morgan fingerprint density at radius 2 is 2.50 bits per heavy atom. The van der Waals surface area contributed by atoms with Crippen molar-refractivity contribution in [2.75, 3.05) is 13.2 Å². The molecule has 0 saturated carbocycles. The summed E-state index contributed by atoms with van der Waals surface area (Å²) in [6.45, 7) is 2.16. The van der Waals surface area contributed by atoms with Crippen molar-refractivity contribution < 1.29 is 14.3 Å². The molecule has 0 unspecified atom stereocenters. The minimum absolute atomic E-state index is 0.00560. The summed E-state index contributed by atoms with van der Waals surface area (Å²) in [6.07, 6.45) is 0. The third kappa shape index (κ3) is 2.92. The lowest BCUT2D eigenvalue weighted by molar-refractivity contribution is -0.145. The van der Waals surface area contributed by atoms with E-state index < -0.39 is 0 Å². The molecule has 0 aliphatic carbocycles. The largest absolute Gasteiger partial charge is 0.472 e. The van der Waals surface area contributed by atoms with E-state index in [9.17, 15) is 4.79 Å². The Morgan fingerprint density at radius 1 is 1.67 bits per heavy atom. The normalized spacial score (nSPS) is 9.42. The Bertz CT molecular complexity index is 230. The lowest BCUT2D eigenvalue weighted by Gasteiger charge is -2.01. The van der Waals surface area contributed by atoms with Gasteiger partial charge in [0.25, 0.3) is 0 Å². The van der Waals surface area contributed by atoms with Crippen molar-refractivity contribution in [1.82, 2.24) is 0 Å². The molecule has 66 valence electrons. The molecule has 0 amide bonds. The van der Waals surface area contributed by atoms with Crippen molar-refractivity contribution in [3.8, 4) is 5.06 Å². The number of hydrogen-bond acceptors (Lipinski definition) is 4. The second kappa shape index (κ2) is 4.77. The van der Waals surface area contributed by atoms with Gasteiger partial charge in [0, 0.05) is 0 Å². The summed E-state index contributed by atoms with van der Waals surface area (Å²) in [5, 5.41) is 2.63. The standard InChI is InChI=1S/C8H10O3S/c1-2-10-7(9)6-11-8-4-3-5-12-8/h3-5H,2,6H2,1H3. The molecule has 4 heteroatoms. The number of thiophene rings is 1. The first-order chi connectivity index (χ1) is 5.83. The summed E-state index contributed by atoms with van der Waals surface area (Å²) in [6, 6.07) is 3.68. The molecule has 1 heterocycles. The fourth-order valence-electron chi connectivity index (χ4n) is 0.678. The third-order valence-corrected chi connectivity index (χ3v) is 1.91. The number of esters is 1. The summed E-state index contributed by atoms with van der Waals surface area (Å²) in [4.78, 5) is 10.8. The second-order valence-corrected chi connectivity index (χ2v) is 2.94. The second-order valence-electron chi connectivity index (χ2n) is 2.03. The zero-order valence-electron chi connectivity index (χ0n) is 6.78. The van der Waals surface area contributed by atoms with Crippen molar-refractivity contribution in [1.29, 1.82) is 0 Å². The Labute approximate surface area is 74.9 Å². The van der Waals surface area contributed by atoms with E-state index in [0.29, 0.717) is 6.61 Å². The van der Waals surface area contributed by atoms with Gasteiger partial charge in [-0.1, -0.05) is 0 Å². The van der Waals surface area contributed by atoms with Crippen LogP contribution in [0.2, 0.25) is 0 Å². The highest BCUT2D eigenvalue weighted by Crippen LogP contribution is 2.17. The highest BCUT2D eigenvalue weighted by Gasteiger charge is 2.02. The maximum absolute atomic E-state index is 10.8. The monoisotopic (exact) mass is 186 g/mol. The maximum Gasteiger partial charge on any atom is 0.344 e. The van der Waals surface area contributed by atoms with Crippen LogP contribution in [-0.2, 0) is 9.53 Å². The van der Waals surface area contributed by atoms with Crippen molar-refractivity contribution in [3.63, 3.8) is 0 Å². The molecule has 1 rings (SSSR count). The van der Waals surface area contributed by atoms with Crippen LogP contribution in [0.1, 0.15) is 6.92 Å². The van der Waals surface area contributed by atoms with Gasteiger partial charge in [-0.2, -0.15) is 0 Å². The molecular formula is C8H10O3S. The van der Waals surface area contributed by atoms with E-state index in [-0.39, 0.29) is 12.6 Å². The topological polar surface area (TPSA) is 35.5 Å². The lowest BCUT2D eigenvalue weighted by atomic mass is 10.6. The number of carbonyl (C=O) groups excluding carboxylic acids is 1. The summed E-state index contributed by atoms with van der Waals surface area (Å²) in [7, 11) is 0. The number of hydrogen-bond donors (Lipinski definition) is 0. The first-order valence-corrected chi connectivity index (χ1v) is 4.53. The van der Waals surface area contributed by atoms with Crippen LogP contribution in [0.3, 0.4) is 0 Å². The fourth-order valence-corrected chi connectivity index (χ4v) is 1.25. The van der Waals surface area contributed by atoms with Gasteiger partial charge in [0.1, 0.15) is 0 Å². The van der Waals surface area contributed by atoms with Crippen LogP contribution in [0.15, 0.2) is 17.5 Å². The summed E-state index contributed by atoms with van der Waals surface area (Å²) in [5.74, 6) is -0.328. The van der Waals surface area contributed by atoms with Crippen molar-refractivity contribution in [3.05, 3.63) is 17.5 Å². The fraction of sp³-hybridized carbons (Fsp3) is 0.375. The van der Waals surface area contributed by atoms with E-state index in [1.165, 1.54) is 11.3 Å². The number of carbonyl (C=O) groups is 1. The Kier molecular flexibility index (Phi) is 3.60. The van der Waals surface area contributed by atoms with Gasteiger partial charge in [-0.15, -0.1) is 11.3 Å². The van der Waals surface area contributed by atoms with Gasteiger partial charge in [0.15, 0.2) is 11.7 Å². The van der Waals surface area contributed by atoms with Crippen molar-refractivity contribution >= 4 is 17.3 Å². The van der Waals surface area contributed by atoms with E-state index in [4.69, 9.17) is 4.74 Å². The zero-order valence-corrected chi connectivity index (χ0v) is 7.60. The average Bonchev–Trinajstić information content (AvgIpc) is 2.53. The third-order valence-electron chi connectivity index (χ3n) is 1.13.